The number of aryl methyl sites for hydroxylation is 1. The summed E-state index contributed by atoms with van der Waals surface area (Å²) in [4.78, 5) is 25.1. The summed E-state index contributed by atoms with van der Waals surface area (Å²) in [6, 6.07) is 11.6. The molecule has 9 heteroatoms. The number of hydrogen-bond acceptors (Lipinski definition) is 5. The number of halogens is 1. The maximum atomic E-state index is 13.0. The van der Waals surface area contributed by atoms with Gasteiger partial charge in [0.2, 0.25) is 10.0 Å². The molecule has 1 aromatic heterocycles. The van der Waals surface area contributed by atoms with Crippen molar-refractivity contribution in [3.8, 4) is 0 Å². The number of carbonyl (C=O) groups excluding carboxylic acids is 2. The molecular formula is C20H19ClN2O5S. The molecular weight excluding hydrogens is 416 g/mol. The van der Waals surface area contributed by atoms with Crippen molar-refractivity contribution in [1.82, 2.24) is 4.57 Å². The zero-order chi connectivity index (χ0) is 21.3. The summed E-state index contributed by atoms with van der Waals surface area (Å²) >= 11 is 6.13. The Morgan fingerprint density at radius 3 is 2.48 bits per heavy atom. The number of methoxy groups -OCH3 is 1. The maximum Gasteiger partial charge on any atom is 0.340 e. The molecule has 0 amide bonds. The van der Waals surface area contributed by atoms with Gasteiger partial charge in [0.15, 0.2) is 0 Å². The van der Waals surface area contributed by atoms with E-state index in [4.69, 9.17) is 16.3 Å². The van der Waals surface area contributed by atoms with Gasteiger partial charge in [0.25, 0.3) is 5.91 Å². The fourth-order valence-corrected chi connectivity index (χ4v) is 4.01. The number of benzene rings is 2. The number of fused-ring (bicyclic) bond motifs is 1. The molecule has 0 bridgehead atoms. The van der Waals surface area contributed by atoms with Crippen LogP contribution in [-0.4, -0.2) is 44.8 Å². The Labute approximate surface area is 173 Å². The molecule has 0 N–H and O–H groups in total. The Balaban J connectivity index is 2.05. The molecule has 0 unspecified atom stereocenters. The van der Waals surface area contributed by atoms with Crippen molar-refractivity contribution in [3.63, 3.8) is 0 Å². The summed E-state index contributed by atoms with van der Waals surface area (Å²) in [7, 11) is -2.52. The van der Waals surface area contributed by atoms with Crippen LogP contribution in [0.15, 0.2) is 48.7 Å². The van der Waals surface area contributed by atoms with Gasteiger partial charge >= 0.3 is 5.97 Å². The highest BCUT2D eigenvalue weighted by molar-refractivity contribution is 7.92. The minimum absolute atomic E-state index is 0.223. The third-order valence-electron chi connectivity index (χ3n) is 4.51. The van der Waals surface area contributed by atoms with Crippen LogP contribution in [0.25, 0.3) is 10.9 Å². The molecule has 0 aliphatic rings. The van der Waals surface area contributed by atoms with Gasteiger partial charge in [-0.3, -0.25) is 13.7 Å². The average Bonchev–Trinajstić information content (AvgIpc) is 3.06. The number of sulfonamides is 1. The number of rotatable bonds is 5. The van der Waals surface area contributed by atoms with E-state index in [0.29, 0.717) is 15.9 Å². The lowest BCUT2D eigenvalue weighted by Crippen LogP contribution is -2.36. The van der Waals surface area contributed by atoms with Crippen molar-refractivity contribution in [2.45, 2.75) is 6.92 Å². The van der Waals surface area contributed by atoms with Crippen molar-refractivity contribution < 1.29 is 22.7 Å². The molecule has 0 saturated heterocycles. The number of para-hydroxylation sites is 1. The van der Waals surface area contributed by atoms with E-state index < -0.39 is 28.4 Å². The number of anilines is 1. The van der Waals surface area contributed by atoms with E-state index in [0.717, 1.165) is 16.1 Å². The van der Waals surface area contributed by atoms with Crippen molar-refractivity contribution in [3.05, 3.63) is 64.8 Å². The van der Waals surface area contributed by atoms with Gasteiger partial charge in [-0.1, -0.05) is 35.9 Å². The highest BCUT2D eigenvalue weighted by Crippen LogP contribution is 2.26. The van der Waals surface area contributed by atoms with E-state index in [-0.39, 0.29) is 11.3 Å². The second kappa shape index (κ2) is 7.88. The van der Waals surface area contributed by atoms with Crippen LogP contribution < -0.4 is 4.31 Å². The van der Waals surface area contributed by atoms with E-state index >= 15 is 0 Å². The maximum absolute atomic E-state index is 13.0. The van der Waals surface area contributed by atoms with Crippen LogP contribution in [0, 0.1) is 6.92 Å². The lowest BCUT2D eigenvalue weighted by atomic mass is 10.2. The monoisotopic (exact) mass is 434 g/mol. The molecule has 7 nitrogen and oxygen atoms in total. The van der Waals surface area contributed by atoms with Gasteiger partial charge in [0.1, 0.15) is 6.54 Å². The van der Waals surface area contributed by atoms with Crippen LogP contribution in [0.5, 0.6) is 0 Å². The zero-order valence-corrected chi connectivity index (χ0v) is 17.6. The van der Waals surface area contributed by atoms with Gasteiger partial charge in [0.05, 0.1) is 30.1 Å². The summed E-state index contributed by atoms with van der Waals surface area (Å²) in [6.45, 7) is 1.33. The molecule has 152 valence electrons. The van der Waals surface area contributed by atoms with E-state index in [2.05, 4.69) is 0 Å². The number of esters is 1. The van der Waals surface area contributed by atoms with Gasteiger partial charge in [-0.05, 0) is 30.7 Å². The van der Waals surface area contributed by atoms with Crippen LogP contribution in [0.3, 0.4) is 0 Å². The van der Waals surface area contributed by atoms with E-state index in [1.807, 2.05) is 0 Å². The van der Waals surface area contributed by atoms with E-state index in [9.17, 15) is 18.0 Å². The van der Waals surface area contributed by atoms with Gasteiger partial charge < -0.3 is 4.74 Å². The first-order valence-corrected chi connectivity index (χ1v) is 10.8. The van der Waals surface area contributed by atoms with Crippen LogP contribution in [0.2, 0.25) is 5.02 Å². The Morgan fingerprint density at radius 1 is 1.17 bits per heavy atom. The molecule has 0 radical (unpaired) electrons. The van der Waals surface area contributed by atoms with Crippen molar-refractivity contribution in [2.75, 3.05) is 24.2 Å². The van der Waals surface area contributed by atoms with Crippen LogP contribution >= 0.6 is 11.6 Å². The molecule has 0 aliphatic carbocycles. The van der Waals surface area contributed by atoms with Crippen molar-refractivity contribution in [2.24, 2.45) is 0 Å². The Hall–Kier alpha value is -2.84. The molecule has 0 aliphatic heterocycles. The number of aromatic nitrogens is 1. The molecule has 1 heterocycles. The van der Waals surface area contributed by atoms with Crippen LogP contribution in [0.4, 0.5) is 5.69 Å². The number of ether oxygens (including phenoxy) is 1. The summed E-state index contributed by atoms with van der Waals surface area (Å²) < 4.78 is 31.8. The van der Waals surface area contributed by atoms with Crippen molar-refractivity contribution >= 4 is 50.1 Å². The summed E-state index contributed by atoms with van der Waals surface area (Å²) in [5, 5.41) is 0.931. The van der Waals surface area contributed by atoms with Gasteiger partial charge in [-0.15, -0.1) is 0 Å². The first kappa shape index (κ1) is 20.9. The predicted octanol–water partition coefficient (Wildman–Crippen LogP) is 3.50. The van der Waals surface area contributed by atoms with Crippen molar-refractivity contribution in [1.29, 1.82) is 0 Å². The molecule has 0 spiro atoms. The fourth-order valence-electron chi connectivity index (χ4n) is 2.99. The first-order valence-electron chi connectivity index (χ1n) is 8.59. The van der Waals surface area contributed by atoms with Gasteiger partial charge in [-0.25, -0.2) is 13.2 Å². The highest BCUT2D eigenvalue weighted by atomic mass is 35.5. The number of carbonyl (C=O) groups is 2. The Bertz CT molecular complexity index is 1220. The summed E-state index contributed by atoms with van der Waals surface area (Å²) in [5.41, 5.74) is 1.77. The third-order valence-corrected chi connectivity index (χ3v) is 6.06. The lowest BCUT2D eigenvalue weighted by Gasteiger charge is -2.22. The minimum Gasteiger partial charge on any atom is -0.465 e. The second-order valence-corrected chi connectivity index (χ2v) is 8.83. The average molecular weight is 435 g/mol. The Kier molecular flexibility index (Phi) is 5.68. The van der Waals surface area contributed by atoms with E-state index in [1.165, 1.54) is 23.9 Å². The topological polar surface area (TPSA) is 85.7 Å². The number of hydrogen-bond donors (Lipinski definition) is 0. The Morgan fingerprint density at radius 2 is 1.86 bits per heavy atom. The molecule has 29 heavy (non-hydrogen) atoms. The first-order chi connectivity index (χ1) is 13.6. The third kappa shape index (κ3) is 4.13. The normalized spacial score (nSPS) is 11.4. The summed E-state index contributed by atoms with van der Waals surface area (Å²) in [5.74, 6) is -1.11. The lowest BCUT2D eigenvalue weighted by molar-refractivity contribution is 0.0603. The minimum atomic E-state index is -3.77. The predicted molar refractivity (Wildman–Crippen MR) is 112 cm³/mol. The van der Waals surface area contributed by atoms with Gasteiger partial charge in [0, 0.05) is 16.6 Å². The zero-order valence-electron chi connectivity index (χ0n) is 16.0. The highest BCUT2D eigenvalue weighted by Gasteiger charge is 2.25. The van der Waals surface area contributed by atoms with Gasteiger partial charge in [-0.2, -0.15) is 0 Å². The molecule has 0 atom stereocenters. The smallest absolute Gasteiger partial charge is 0.340 e. The second-order valence-electron chi connectivity index (χ2n) is 6.52. The van der Waals surface area contributed by atoms with Crippen LogP contribution in [0.1, 0.15) is 20.7 Å². The molecule has 0 saturated carbocycles. The molecule has 3 rings (SSSR count). The summed E-state index contributed by atoms with van der Waals surface area (Å²) in [6.07, 6.45) is 2.38. The quantitative estimate of drug-likeness (QED) is 0.574. The standard InChI is InChI=1S/C20H19ClN2O5S/c1-13-8-9-14(10-17(13)21)23(29(3,26)27)12-19(24)22-11-16(20(25)28-2)15-6-4-5-7-18(15)22/h4-11H,12H2,1-3H3. The molecule has 3 aromatic rings. The molecule has 0 fully saturated rings. The fraction of sp³-hybridized carbons (Fsp3) is 0.200. The number of nitrogens with zero attached hydrogens (tertiary/aromatic N) is 2. The SMILES string of the molecule is COC(=O)c1cn(C(=O)CN(c2ccc(C)c(Cl)c2)S(C)(=O)=O)c2ccccc12. The van der Waals surface area contributed by atoms with E-state index in [1.54, 1.807) is 43.3 Å². The molecule has 2 aromatic carbocycles. The largest absolute Gasteiger partial charge is 0.465 e. The van der Waals surface area contributed by atoms with Crippen LogP contribution in [-0.2, 0) is 14.8 Å².